The van der Waals surface area contributed by atoms with E-state index < -0.39 is 0 Å². The van der Waals surface area contributed by atoms with Gasteiger partial charge in [0.25, 0.3) is 5.91 Å². The molecule has 136 valence electrons. The Kier molecular flexibility index (Phi) is 5.01. The Morgan fingerprint density at radius 3 is 2.62 bits per heavy atom. The lowest BCUT2D eigenvalue weighted by Gasteiger charge is -2.29. The summed E-state index contributed by atoms with van der Waals surface area (Å²) in [5.74, 6) is 0.0589. The van der Waals surface area contributed by atoms with Crippen molar-refractivity contribution in [3.8, 4) is 9.88 Å². The van der Waals surface area contributed by atoms with Crippen LogP contribution in [0.25, 0.3) is 20.1 Å². The number of para-hydroxylation sites is 1. The largest absolute Gasteiger partial charge is 0.348 e. The van der Waals surface area contributed by atoms with E-state index in [9.17, 15) is 4.79 Å². The molecule has 1 amide bonds. The van der Waals surface area contributed by atoms with Crippen molar-refractivity contribution in [3.05, 3.63) is 41.3 Å². The SMILES string of the molecule is Cl.O=C(NC1CC2CCC(C1)N2)c1ccc(-c2nc3ccccc3s2)s1. The van der Waals surface area contributed by atoms with Gasteiger partial charge in [-0.2, -0.15) is 0 Å². The van der Waals surface area contributed by atoms with Crippen LogP contribution in [0.2, 0.25) is 0 Å². The van der Waals surface area contributed by atoms with Gasteiger partial charge in [0.15, 0.2) is 0 Å². The van der Waals surface area contributed by atoms with Crippen LogP contribution in [0.4, 0.5) is 0 Å². The first kappa shape index (κ1) is 17.9. The molecule has 2 fully saturated rings. The second-order valence-corrected chi connectivity index (χ2v) is 9.04. The summed E-state index contributed by atoms with van der Waals surface area (Å²) in [6.07, 6.45) is 4.60. The number of hydrogen-bond donors (Lipinski definition) is 2. The molecule has 2 unspecified atom stereocenters. The van der Waals surface area contributed by atoms with Crippen molar-refractivity contribution in [2.45, 2.75) is 43.8 Å². The summed E-state index contributed by atoms with van der Waals surface area (Å²) < 4.78 is 1.18. The molecule has 0 radical (unpaired) electrons. The van der Waals surface area contributed by atoms with Crippen molar-refractivity contribution >= 4 is 51.2 Å². The second kappa shape index (κ2) is 7.27. The number of carbonyl (C=O) groups excluding carboxylic acids is 1. The molecule has 0 aliphatic carbocycles. The number of nitrogens with one attached hydrogen (secondary N) is 2. The molecule has 2 aromatic heterocycles. The summed E-state index contributed by atoms with van der Waals surface area (Å²) in [4.78, 5) is 19.2. The van der Waals surface area contributed by atoms with Crippen LogP contribution in [0.15, 0.2) is 36.4 Å². The lowest BCUT2D eigenvalue weighted by molar-refractivity contribution is 0.0928. The van der Waals surface area contributed by atoms with Crippen LogP contribution in [0.1, 0.15) is 35.4 Å². The van der Waals surface area contributed by atoms with Gasteiger partial charge in [-0.3, -0.25) is 4.79 Å². The highest BCUT2D eigenvalue weighted by molar-refractivity contribution is 7.26. The molecule has 4 heterocycles. The maximum atomic E-state index is 12.6. The average Bonchev–Trinajstić information content (AvgIpc) is 3.32. The fraction of sp³-hybridized carbons (Fsp3) is 0.368. The van der Waals surface area contributed by atoms with E-state index in [-0.39, 0.29) is 18.3 Å². The van der Waals surface area contributed by atoms with Crippen molar-refractivity contribution in [1.29, 1.82) is 0 Å². The predicted molar refractivity (Wildman–Crippen MR) is 111 cm³/mol. The minimum absolute atomic E-state index is 0. The number of amides is 1. The van der Waals surface area contributed by atoms with Gasteiger partial charge < -0.3 is 10.6 Å². The summed E-state index contributed by atoms with van der Waals surface area (Å²) in [6.45, 7) is 0. The summed E-state index contributed by atoms with van der Waals surface area (Å²) >= 11 is 3.21. The van der Waals surface area contributed by atoms with Gasteiger partial charge in [0.05, 0.1) is 20.0 Å². The Bertz CT molecular complexity index is 893. The van der Waals surface area contributed by atoms with E-state index >= 15 is 0 Å². The number of thiazole rings is 1. The Labute approximate surface area is 166 Å². The molecule has 2 N–H and O–H groups in total. The topological polar surface area (TPSA) is 54.0 Å². The van der Waals surface area contributed by atoms with Gasteiger partial charge in [-0.05, 0) is 49.9 Å². The summed E-state index contributed by atoms with van der Waals surface area (Å²) in [5.41, 5.74) is 1.02. The molecule has 2 bridgehead atoms. The van der Waals surface area contributed by atoms with Crippen molar-refractivity contribution in [1.82, 2.24) is 15.6 Å². The molecule has 2 aliphatic rings. The molecule has 3 aromatic rings. The predicted octanol–water partition coefficient (Wildman–Crippen LogP) is 4.46. The molecular formula is C19H20ClN3OS2. The number of piperidine rings is 1. The van der Waals surface area contributed by atoms with Gasteiger partial charge in [-0.15, -0.1) is 35.1 Å². The molecule has 1 aromatic carbocycles. The van der Waals surface area contributed by atoms with E-state index in [2.05, 4.69) is 21.7 Å². The number of nitrogens with zero attached hydrogens (tertiary/aromatic N) is 1. The summed E-state index contributed by atoms with van der Waals surface area (Å²) in [5, 5.41) is 7.85. The molecule has 0 saturated carbocycles. The van der Waals surface area contributed by atoms with E-state index in [1.54, 1.807) is 11.3 Å². The molecule has 4 nitrogen and oxygen atoms in total. The van der Waals surface area contributed by atoms with Crippen LogP contribution in [0, 0.1) is 0 Å². The first-order valence-electron chi connectivity index (χ1n) is 8.77. The molecule has 2 aliphatic heterocycles. The number of fused-ring (bicyclic) bond motifs is 3. The number of thiophene rings is 1. The summed E-state index contributed by atoms with van der Waals surface area (Å²) in [6, 6.07) is 13.6. The zero-order valence-electron chi connectivity index (χ0n) is 14.1. The Balaban J connectivity index is 0.00000168. The molecule has 2 saturated heterocycles. The number of rotatable bonds is 3. The molecule has 7 heteroatoms. The number of aromatic nitrogens is 1. The van der Waals surface area contributed by atoms with Crippen LogP contribution in [-0.2, 0) is 0 Å². The van der Waals surface area contributed by atoms with Gasteiger partial charge in [-0.1, -0.05) is 12.1 Å². The molecule has 0 spiro atoms. The third-order valence-electron chi connectivity index (χ3n) is 5.14. The van der Waals surface area contributed by atoms with E-state index in [1.807, 2.05) is 30.3 Å². The molecule has 26 heavy (non-hydrogen) atoms. The zero-order valence-corrected chi connectivity index (χ0v) is 16.6. The minimum atomic E-state index is 0. The molecule has 5 rings (SSSR count). The van der Waals surface area contributed by atoms with Crippen LogP contribution >= 0.6 is 35.1 Å². The summed E-state index contributed by atoms with van der Waals surface area (Å²) in [7, 11) is 0. The lowest BCUT2D eigenvalue weighted by Crippen LogP contribution is -2.47. The highest BCUT2D eigenvalue weighted by atomic mass is 35.5. The second-order valence-electron chi connectivity index (χ2n) is 6.93. The fourth-order valence-corrected chi connectivity index (χ4v) is 5.91. The number of hydrogen-bond acceptors (Lipinski definition) is 5. The highest BCUT2D eigenvalue weighted by Gasteiger charge is 2.34. The number of halogens is 1. The molecular weight excluding hydrogens is 386 g/mol. The third-order valence-corrected chi connectivity index (χ3v) is 7.43. The van der Waals surface area contributed by atoms with Gasteiger partial charge in [0.2, 0.25) is 0 Å². The first-order chi connectivity index (χ1) is 12.2. The fourth-order valence-electron chi connectivity index (χ4n) is 3.98. The maximum Gasteiger partial charge on any atom is 0.261 e. The van der Waals surface area contributed by atoms with E-state index in [0.29, 0.717) is 18.1 Å². The van der Waals surface area contributed by atoms with Crippen LogP contribution in [0.5, 0.6) is 0 Å². The molecule has 2 atom stereocenters. The van der Waals surface area contributed by atoms with Gasteiger partial charge in [-0.25, -0.2) is 4.98 Å². The van der Waals surface area contributed by atoms with Crippen molar-refractivity contribution in [3.63, 3.8) is 0 Å². The zero-order chi connectivity index (χ0) is 16.8. The van der Waals surface area contributed by atoms with Crippen molar-refractivity contribution in [2.24, 2.45) is 0 Å². The van der Waals surface area contributed by atoms with Crippen molar-refractivity contribution < 1.29 is 4.79 Å². The Hall–Kier alpha value is -1.47. The Morgan fingerprint density at radius 1 is 1.08 bits per heavy atom. The van der Waals surface area contributed by atoms with Crippen LogP contribution < -0.4 is 10.6 Å². The minimum Gasteiger partial charge on any atom is -0.348 e. The van der Waals surface area contributed by atoms with E-state index in [4.69, 9.17) is 0 Å². The number of benzene rings is 1. The van der Waals surface area contributed by atoms with Crippen LogP contribution in [0.3, 0.4) is 0 Å². The average molecular weight is 406 g/mol. The number of carbonyl (C=O) groups is 1. The smallest absolute Gasteiger partial charge is 0.261 e. The van der Waals surface area contributed by atoms with Gasteiger partial charge >= 0.3 is 0 Å². The quantitative estimate of drug-likeness (QED) is 0.676. The van der Waals surface area contributed by atoms with Crippen LogP contribution in [-0.4, -0.2) is 29.0 Å². The van der Waals surface area contributed by atoms with Gasteiger partial charge in [0.1, 0.15) is 5.01 Å². The first-order valence-corrected chi connectivity index (χ1v) is 10.4. The standard InChI is InChI=1S/C19H19N3OS2.ClH/c23-18(21-13-9-11-5-6-12(10-13)20-11)16-7-8-17(24-16)19-22-14-3-1-2-4-15(14)25-19;/h1-4,7-8,11-13,20H,5-6,9-10H2,(H,21,23);1H. The van der Waals surface area contributed by atoms with E-state index in [0.717, 1.165) is 33.1 Å². The van der Waals surface area contributed by atoms with Gasteiger partial charge in [0, 0.05) is 18.1 Å². The third kappa shape index (κ3) is 3.39. The normalized spacial score (nSPS) is 24.4. The Morgan fingerprint density at radius 2 is 1.85 bits per heavy atom. The monoisotopic (exact) mass is 405 g/mol. The maximum absolute atomic E-state index is 12.6. The van der Waals surface area contributed by atoms with E-state index in [1.165, 1.54) is 28.9 Å². The lowest BCUT2D eigenvalue weighted by atomic mass is 10.00. The highest BCUT2D eigenvalue weighted by Crippen LogP contribution is 2.34. The van der Waals surface area contributed by atoms with Crippen molar-refractivity contribution in [2.75, 3.05) is 0 Å².